The van der Waals surface area contributed by atoms with Gasteiger partial charge in [-0.25, -0.2) is 0 Å². The maximum atomic E-state index is 12.3. The zero-order chi connectivity index (χ0) is 19.4. The van der Waals surface area contributed by atoms with Crippen molar-refractivity contribution in [3.63, 3.8) is 0 Å². The summed E-state index contributed by atoms with van der Waals surface area (Å²) in [4.78, 5) is 38.2. The van der Waals surface area contributed by atoms with E-state index < -0.39 is 0 Å². The van der Waals surface area contributed by atoms with Crippen LogP contribution in [0.15, 0.2) is 48.5 Å². The normalized spacial score (nSPS) is 14.2. The Balaban J connectivity index is 1.56. The van der Waals surface area contributed by atoms with Crippen molar-refractivity contribution in [3.8, 4) is 0 Å². The molecular formula is C22H24N2O3. The van der Waals surface area contributed by atoms with E-state index in [0.717, 1.165) is 17.7 Å². The number of amides is 3. The molecule has 2 aromatic carbocycles. The number of hydrogen-bond acceptors (Lipinski definition) is 3. The first-order valence-corrected chi connectivity index (χ1v) is 9.37. The molecule has 0 unspecified atom stereocenters. The topological polar surface area (TPSA) is 66.5 Å². The standard InChI is InChI=1S/C22H24N2O3/c1-3-15(2)16-9-6-7-12-19(16)23-20(25)13-8-14-24-21(26)17-10-4-5-11-18(17)22(24)27/h4-7,9-12,15H,3,8,13-14H2,1-2H3,(H,23,25)/t15-/m1/s1. The number of hydrogen-bond donors (Lipinski definition) is 1. The largest absolute Gasteiger partial charge is 0.326 e. The SMILES string of the molecule is CC[C@@H](C)c1ccccc1NC(=O)CCCN1C(=O)c2ccccc2C1=O. The van der Waals surface area contributed by atoms with Gasteiger partial charge < -0.3 is 5.32 Å². The van der Waals surface area contributed by atoms with E-state index in [-0.39, 0.29) is 30.7 Å². The fraction of sp³-hybridized carbons (Fsp3) is 0.318. The van der Waals surface area contributed by atoms with Crippen LogP contribution in [0.25, 0.3) is 0 Å². The van der Waals surface area contributed by atoms with E-state index in [1.165, 1.54) is 4.90 Å². The van der Waals surface area contributed by atoms with Crippen LogP contribution in [0.5, 0.6) is 0 Å². The average molecular weight is 364 g/mol. The van der Waals surface area contributed by atoms with E-state index in [9.17, 15) is 14.4 Å². The molecule has 0 fully saturated rings. The maximum Gasteiger partial charge on any atom is 0.261 e. The highest BCUT2D eigenvalue weighted by Gasteiger charge is 2.34. The summed E-state index contributed by atoms with van der Waals surface area (Å²) >= 11 is 0. The Kier molecular flexibility index (Phi) is 5.69. The van der Waals surface area contributed by atoms with Crippen LogP contribution in [0.3, 0.4) is 0 Å². The number of benzene rings is 2. The first-order valence-electron chi connectivity index (χ1n) is 9.37. The van der Waals surface area contributed by atoms with Crippen molar-refractivity contribution < 1.29 is 14.4 Å². The highest BCUT2D eigenvalue weighted by atomic mass is 16.2. The Morgan fingerprint density at radius 2 is 1.59 bits per heavy atom. The number of imide groups is 1. The third-order valence-electron chi connectivity index (χ3n) is 5.04. The summed E-state index contributed by atoms with van der Waals surface area (Å²) in [5.41, 5.74) is 2.83. The average Bonchev–Trinajstić information content (AvgIpc) is 2.93. The fourth-order valence-corrected chi connectivity index (χ4v) is 3.31. The Morgan fingerprint density at radius 3 is 2.22 bits per heavy atom. The number of para-hydroxylation sites is 1. The van der Waals surface area contributed by atoms with Gasteiger partial charge >= 0.3 is 0 Å². The monoisotopic (exact) mass is 364 g/mol. The molecule has 0 radical (unpaired) electrons. The van der Waals surface area contributed by atoms with Gasteiger partial charge in [0.15, 0.2) is 0 Å². The van der Waals surface area contributed by atoms with Crippen molar-refractivity contribution in [2.24, 2.45) is 0 Å². The quantitative estimate of drug-likeness (QED) is 0.748. The van der Waals surface area contributed by atoms with E-state index in [2.05, 4.69) is 19.2 Å². The van der Waals surface area contributed by atoms with Crippen molar-refractivity contribution in [3.05, 3.63) is 65.2 Å². The Bertz CT molecular complexity index is 840. The number of fused-ring (bicyclic) bond motifs is 1. The van der Waals surface area contributed by atoms with Gasteiger partial charge in [0.05, 0.1) is 11.1 Å². The second-order valence-electron chi connectivity index (χ2n) is 6.86. The molecule has 1 heterocycles. The molecule has 5 nitrogen and oxygen atoms in total. The summed E-state index contributed by atoms with van der Waals surface area (Å²) < 4.78 is 0. The van der Waals surface area contributed by atoms with Crippen LogP contribution in [0.1, 0.15) is 65.3 Å². The Morgan fingerprint density at radius 1 is 1.00 bits per heavy atom. The van der Waals surface area contributed by atoms with Gasteiger partial charge in [0, 0.05) is 18.7 Å². The molecular weight excluding hydrogens is 340 g/mol. The third-order valence-corrected chi connectivity index (χ3v) is 5.04. The van der Waals surface area contributed by atoms with Crippen LogP contribution in [0.2, 0.25) is 0 Å². The molecule has 3 amide bonds. The van der Waals surface area contributed by atoms with Gasteiger partial charge in [-0.3, -0.25) is 19.3 Å². The summed E-state index contributed by atoms with van der Waals surface area (Å²) in [5, 5.41) is 2.96. The highest BCUT2D eigenvalue weighted by molar-refractivity contribution is 6.21. The van der Waals surface area contributed by atoms with Crippen LogP contribution in [0.4, 0.5) is 5.69 Å². The second-order valence-corrected chi connectivity index (χ2v) is 6.86. The van der Waals surface area contributed by atoms with Gasteiger partial charge in [-0.15, -0.1) is 0 Å². The molecule has 0 aromatic heterocycles. The van der Waals surface area contributed by atoms with E-state index in [1.807, 2.05) is 24.3 Å². The van der Waals surface area contributed by atoms with Crippen LogP contribution >= 0.6 is 0 Å². The molecule has 0 bridgehead atoms. The van der Waals surface area contributed by atoms with Gasteiger partial charge in [-0.2, -0.15) is 0 Å². The molecule has 1 aliphatic heterocycles. The summed E-state index contributed by atoms with van der Waals surface area (Å²) in [6.45, 7) is 4.49. The lowest BCUT2D eigenvalue weighted by Crippen LogP contribution is -2.31. The maximum absolute atomic E-state index is 12.3. The highest BCUT2D eigenvalue weighted by Crippen LogP contribution is 2.27. The van der Waals surface area contributed by atoms with Crippen LogP contribution in [-0.2, 0) is 4.79 Å². The number of carbonyl (C=O) groups excluding carboxylic acids is 3. The Labute approximate surface area is 159 Å². The second kappa shape index (κ2) is 8.16. The molecule has 3 rings (SSSR count). The molecule has 1 atom stereocenters. The minimum Gasteiger partial charge on any atom is -0.326 e. The number of nitrogens with one attached hydrogen (secondary N) is 1. The molecule has 0 saturated heterocycles. The summed E-state index contributed by atoms with van der Waals surface area (Å²) in [5.74, 6) is -0.307. The number of anilines is 1. The van der Waals surface area contributed by atoms with Crippen molar-refractivity contribution >= 4 is 23.4 Å². The zero-order valence-electron chi connectivity index (χ0n) is 15.7. The van der Waals surface area contributed by atoms with E-state index >= 15 is 0 Å². The lowest BCUT2D eigenvalue weighted by Gasteiger charge is -2.16. The number of rotatable bonds is 7. The molecule has 0 aliphatic carbocycles. The third kappa shape index (κ3) is 3.92. The minimum atomic E-state index is -0.280. The van der Waals surface area contributed by atoms with E-state index in [1.54, 1.807) is 24.3 Å². The summed E-state index contributed by atoms with van der Waals surface area (Å²) in [6, 6.07) is 14.6. The summed E-state index contributed by atoms with van der Waals surface area (Å²) in [7, 11) is 0. The molecule has 5 heteroatoms. The van der Waals surface area contributed by atoms with Crippen molar-refractivity contribution in [1.29, 1.82) is 0 Å². The number of carbonyl (C=O) groups is 3. The van der Waals surface area contributed by atoms with Gasteiger partial charge in [-0.05, 0) is 42.5 Å². The van der Waals surface area contributed by atoms with Gasteiger partial charge in [-0.1, -0.05) is 44.2 Å². The number of nitrogens with zero attached hydrogens (tertiary/aromatic N) is 1. The smallest absolute Gasteiger partial charge is 0.261 e. The minimum absolute atomic E-state index is 0.109. The predicted octanol–water partition coefficient (Wildman–Crippen LogP) is 4.22. The van der Waals surface area contributed by atoms with E-state index in [4.69, 9.17) is 0 Å². The fourth-order valence-electron chi connectivity index (χ4n) is 3.31. The van der Waals surface area contributed by atoms with Crippen LogP contribution in [0, 0.1) is 0 Å². The lowest BCUT2D eigenvalue weighted by atomic mass is 9.97. The molecule has 1 aliphatic rings. The van der Waals surface area contributed by atoms with Crippen LogP contribution < -0.4 is 5.32 Å². The molecule has 27 heavy (non-hydrogen) atoms. The first-order chi connectivity index (χ1) is 13.0. The molecule has 2 aromatic rings. The first kappa shape index (κ1) is 18.8. The molecule has 0 saturated carbocycles. The molecule has 1 N–H and O–H groups in total. The van der Waals surface area contributed by atoms with E-state index in [0.29, 0.717) is 23.5 Å². The van der Waals surface area contributed by atoms with Crippen molar-refractivity contribution in [1.82, 2.24) is 4.90 Å². The van der Waals surface area contributed by atoms with Crippen molar-refractivity contribution in [2.45, 2.75) is 39.0 Å². The van der Waals surface area contributed by atoms with Gasteiger partial charge in [0.25, 0.3) is 11.8 Å². The van der Waals surface area contributed by atoms with Crippen molar-refractivity contribution in [2.75, 3.05) is 11.9 Å². The van der Waals surface area contributed by atoms with Gasteiger partial charge in [0.1, 0.15) is 0 Å². The molecule has 0 spiro atoms. The predicted molar refractivity (Wildman–Crippen MR) is 105 cm³/mol. The van der Waals surface area contributed by atoms with Crippen LogP contribution in [-0.4, -0.2) is 29.2 Å². The zero-order valence-corrected chi connectivity index (χ0v) is 15.7. The molecule has 140 valence electrons. The lowest BCUT2D eigenvalue weighted by molar-refractivity contribution is -0.116. The van der Waals surface area contributed by atoms with Gasteiger partial charge in [0.2, 0.25) is 5.91 Å². The summed E-state index contributed by atoms with van der Waals surface area (Å²) in [6.07, 6.45) is 1.68. The Hall–Kier alpha value is -2.95.